The highest BCUT2D eigenvalue weighted by Crippen LogP contribution is 2.22. The number of unbranched alkanes of at least 4 members (excludes halogenated alkanes) is 1. The first-order chi connectivity index (χ1) is 9.69. The molecule has 0 amide bonds. The number of fused-ring (bicyclic) bond motifs is 1. The van der Waals surface area contributed by atoms with Gasteiger partial charge in [0.15, 0.2) is 11.6 Å². The maximum absolute atomic E-state index is 13.9. The number of ether oxygens (including phenoxy) is 1. The van der Waals surface area contributed by atoms with Gasteiger partial charge in [-0.25, -0.2) is 13.8 Å². The number of imidazole rings is 1. The molecule has 0 radical (unpaired) electrons. The Hall–Kier alpha value is -1.20. The largest absolute Gasteiger partial charge is 0.380 e. The van der Waals surface area contributed by atoms with Crippen LogP contribution in [0.5, 0.6) is 0 Å². The van der Waals surface area contributed by atoms with Crippen molar-refractivity contribution in [3.05, 3.63) is 29.6 Å². The van der Waals surface area contributed by atoms with Crippen LogP contribution in [0.25, 0.3) is 11.0 Å². The number of hydrogen-bond donors (Lipinski definition) is 0. The fourth-order valence-electron chi connectivity index (χ4n) is 2.05. The normalized spacial score (nSPS) is 11.4. The van der Waals surface area contributed by atoms with Crippen LogP contribution in [-0.2, 0) is 17.2 Å². The number of nitrogens with zero attached hydrogens (tertiary/aromatic N) is 2. The van der Waals surface area contributed by atoms with Gasteiger partial charge in [0.2, 0.25) is 0 Å². The second kappa shape index (κ2) is 6.99. The van der Waals surface area contributed by atoms with Crippen LogP contribution in [0, 0.1) is 11.6 Å². The zero-order chi connectivity index (χ0) is 14.5. The maximum Gasteiger partial charge on any atom is 0.184 e. The Morgan fingerprint density at radius 2 is 2.10 bits per heavy atom. The fourth-order valence-corrected chi connectivity index (χ4v) is 2.26. The van der Waals surface area contributed by atoms with Gasteiger partial charge in [0.1, 0.15) is 11.3 Å². The Morgan fingerprint density at radius 1 is 1.30 bits per heavy atom. The zero-order valence-corrected chi connectivity index (χ0v) is 12.1. The lowest BCUT2D eigenvalue weighted by Gasteiger charge is -2.09. The van der Waals surface area contributed by atoms with Crippen LogP contribution >= 0.6 is 11.6 Å². The first-order valence-corrected chi connectivity index (χ1v) is 7.19. The number of hydrogen-bond acceptors (Lipinski definition) is 2. The summed E-state index contributed by atoms with van der Waals surface area (Å²) in [4.78, 5) is 4.22. The smallest absolute Gasteiger partial charge is 0.184 e. The van der Waals surface area contributed by atoms with Crippen molar-refractivity contribution in [2.75, 3.05) is 13.2 Å². The van der Waals surface area contributed by atoms with Gasteiger partial charge in [0.25, 0.3) is 0 Å². The van der Waals surface area contributed by atoms with Gasteiger partial charge in [-0.05, 0) is 18.6 Å². The van der Waals surface area contributed by atoms with Gasteiger partial charge in [-0.2, -0.15) is 0 Å². The van der Waals surface area contributed by atoms with Crippen molar-refractivity contribution >= 4 is 22.6 Å². The van der Waals surface area contributed by atoms with Crippen LogP contribution in [-0.4, -0.2) is 22.8 Å². The van der Waals surface area contributed by atoms with Crippen molar-refractivity contribution in [1.29, 1.82) is 0 Å². The van der Waals surface area contributed by atoms with E-state index in [2.05, 4.69) is 11.9 Å². The van der Waals surface area contributed by atoms with Gasteiger partial charge in [0, 0.05) is 13.2 Å². The highest BCUT2D eigenvalue weighted by Gasteiger charge is 2.16. The summed E-state index contributed by atoms with van der Waals surface area (Å²) in [6.45, 7) is 3.57. The van der Waals surface area contributed by atoms with Crippen molar-refractivity contribution in [1.82, 2.24) is 9.55 Å². The van der Waals surface area contributed by atoms with E-state index in [0.717, 1.165) is 18.9 Å². The number of rotatable bonds is 7. The van der Waals surface area contributed by atoms with E-state index in [9.17, 15) is 8.78 Å². The molecule has 0 saturated carbocycles. The monoisotopic (exact) mass is 302 g/mol. The van der Waals surface area contributed by atoms with Crippen LogP contribution in [0.15, 0.2) is 12.1 Å². The first kappa shape index (κ1) is 15.2. The Bertz CT molecular complexity index is 586. The lowest BCUT2D eigenvalue weighted by molar-refractivity contribution is 0.123. The molecule has 0 bridgehead atoms. The van der Waals surface area contributed by atoms with E-state index in [1.165, 1.54) is 6.07 Å². The molecule has 0 aliphatic heterocycles. The lowest BCUT2D eigenvalue weighted by atomic mass is 10.3. The summed E-state index contributed by atoms with van der Waals surface area (Å²) >= 11 is 5.82. The molecule has 1 heterocycles. The Kier molecular flexibility index (Phi) is 5.31. The van der Waals surface area contributed by atoms with Gasteiger partial charge >= 0.3 is 0 Å². The van der Waals surface area contributed by atoms with E-state index >= 15 is 0 Å². The summed E-state index contributed by atoms with van der Waals surface area (Å²) in [5.41, 5.74) is 0.563. The third kappa shape index (κ3) is 3.10. The van der Waals surface area contributed by atoms with Gasteiger partial charge in [-0.3, -0.25) is 0 Å². The van der Waals surface area contributed by atoms with E-state index in [0.29, 0.717) is 31.1 Å². The molecule has 2 aromatic rings. The molecule has 0 atom stereocenters. The molecule has 6 heteroatoms. The minimum atomic E-state index is -0.889. The topological polar surface area (TPSA) is 27.1 Å². The van der Waals surface area contributed by atoms with Crippen LogP contribution in [0.1, 0.15) is 25.6 Å². The number of benzene rings is 1. The molecule has 0 spiro atoms. The van der Waals surface area contributed by atoms with E-state index < -0.39 is 11.6 Å². The number of alkyl halides is 1. The average Bonchev–Trinajstić information content (AvgIpc) is 2.81. The zero-order valence-electron chi connectivity index (χ0n) is 11.3. The second-order valence-electron chi connectivity index (χ2n) is 4.51. The molecule has 20 heavy (non-hydrogen) atoms. The summed E-state index contributed by atoms with van der Waals surface area (Å²) in [6.07, 6.45) is 2.04. The van der Waals surface area contributed by atoms with Gasteiger partial charge < -0.3 is 9.30 Å². The average molecular weight is 303 g/mol. The SMILES string of the molecule is CCCCOCCn1c(CCl)nc2ccc(F)c(F)c21. The van der Waals surface area contributed by atoms with E-state index in [1.54, 1.807) is 4.57 Å². The van der Waals surface area contributed by atoms with Crippen molar-refractivity contribution in [2.24, 2.45) is 0 Å². The maximum atomic E-state index is 13.9. The molecule has 0 N–H and O–H groups in total. The third-order valence-electron chi connectivity index (χ3n) is 3.10. The quantitative estimate of drug-likeness (QED) is 0.573. The van der Waals surface area contributed by atoms with E-state index in [4.69, 9.17) is 16.3 Å². The van der Waals surface area contributed by atoms with Crippen molar-refractivity contribution < 1.29 is 13.5 Å². The van der Waals surface area contributed by atoms with Gasteiger partial charge in [-0.1, -0.05) is 13.3 Å². The molecule has 110 valence electrons. The van der Waals surface area contributed by atoms with Crippen molar-refractivity contribution in [3.63, 3.8) is 0 Å². The fraction of sp³-hybridized carbons (Fsp3) is 0.500. The van der Waals surface area contributed by atoms with Gasteiger partial charge in [0.05, 0.1) is 18.0 Å². The summed E-state index contributed by atoms with van der Waals surface area (Å²) < 4.78 is 34.3. The minimum Gasteiger partial charge on any atom is -0.380 e. The van der Waals surface area contributed by atoms with Crippen LogP contribution in [0.3, 0.4) is 0 Å². The molecule has 3 nitrogen and oxygen atoms in total. The van der Waals surface area contributed by atoms with Gasteiger partial charge in [-0.15, -0.1) is 11.6 Å². The summed E-state index contributed by atoms with van der Waals surface area (Å²) in [5.74, 6) is -1.11. The molecule has 1 aromatic heterocycles. The first-order valence-electron chi connectivity index (χ1n) is 6.65. The molecule has 1 aromatic carbocycles. The van der Waals surface area contributed by atoms with Crippen LogP contribution in [0.2, 0.25) is 0 Å². The standard InChI is InChI=1S/C14H17ClF2N2O/c1-2-3-7-20-8-6-19-12(9-15)18-11-5-4-10(16)13(17)14(11)19/h4-5H,2-3,6-9H2,1H3. The van der Waals surface area contributed by atoms with E-state index in [1.807, 2.05) is 0 Å². The molecule has 0 aliphatic rings. The second-order valence-corrected chi connectivity index (χ2v) is 4.78. The summed E-state index contributed by atoms with van der Waals surface area (Å²) in [6, 6.07) is 2.53. The lowest BCUT2D eigenvalue weighted by Crippen LogP contribution is -2.10. The molecular formula is C14H17ClF2N2O. The molecule has 0 saturated heterocycles. The molecule has 0 aliphatic carbocycles. The summed E-state index contributed by atoms with van der Waals surface area (Å²) in [5, 5.41) is 0. The molecule has 2 rings (SSSR count). The number of halogens is 3. The summed E-state index contributed by atoms with van der Waals surface area (Å²) in [7, 11) is 0. The highest BCUT2D eigenvalue weighted by atomic mass is 35.5. The number of aromatic nitrogens is 2. The van der Waals surface area contributed by atoms with E-state index in [-0.39, 0.29) is 11.4 Å². The highest BCUT2D eigenvalue weighted by molar-refractivity contribution is 6.16. The van der Waals surface area contributed by atoms with Crippen LogP contribution in [0.4, 0.5) is 8.78 Å². The van der Waals surface area contributed by atoms with Crippen LogP contribution < -0.4 is 0 Å². The minimum absolute atomic E-state index is 0.144. The Labute approximate surface area is 121 Å². The Morgan fingerprint density at radius 3 is 2.80 bits per heavy atom. The molecular weight excluding hydrogens is 286 g/mol. The van der Waals surface area contributed by atoms with Crippen molar-refractivity contribution in [3.8, 4) is 0 Å². The Balaban J connectivity index is 2.23. The molecule has 0 unspecified atom stereocenters. The van der Waals surface area contributed by atoms with Crippen molar-refractivity contribution in [2.45, 2.75) is 32.2 Å². The predicted octanol–water partition coefficient (Wildman–Crippen LogP) is 3.87. The third-order valence-corrected chi connectivity index (χ3v) is 3.34. The predicted molar refractivity (Wildman–Crippen MR) is 74.9 cm³/mol. The molecule has 0 fully saturated rings.